The molecule has 2 heteroatoms. The molecule has 3 rings (SSSR count). The van der Waals surface area contributed by atoms with E-state index in [2.05, 4.69) is 4.90 Å². The first-order chi connectivity index (χ1) is 8.33. The first kappa shape index (κ1) is 12.0. The number of hydrogen-bond donors (Lipinski definition) is 1. The Morgan fingerprint density at radius 1 is 0.824 bits per heavy atom. The normalized spacial score (nSPS) is 43.6. The van der Waals surface area contributed by atoms with E-state index < -0.39 is 0 Å². The number of aliphatic hydroxyl groups is 1. The van der Waals surface area contributed by atoms with Crippen LogP contribution in [0.2, 0.25) is 0 Å². The van der Waals surface area contributed by atoms with Crippen molar-refractivity contribution in [1.29, 1.82) is 0 Å². The van der Waals surface area contributed by atoms with E-state index in [0.29, 0.717) is 5.92 Å². The third-order valence-electron chi connectivity index (χ3n) is 5.41. The zero-order chi connectivity index (χ0) is 11.7. The molecule has 0 aromatic heterocycles. The monoisotopic (exact) mass is 237 g/mol. The molecule has 1 saturated heterocycles. The lowest BCUT2D eigenvalue weighted by Crippen LogP contribution is -2.34. The molecule has 1 aliphatic heterocycles. The van der Waals surface area contributed by atoms with Gasteiger partial charge in [0, 0.05) is 19.6 Å². The molecule has 0 amide bonds. The minimum absolute atomic E-state index is 0.0158. The van der Waals surface area contributed by atoms with Crippen molar-refractivity contribution in [2.75, 3.05) is 19.6 Å². The lowest BCUT2D eigenvalue weighted by molar-refractivity contribution is 0.0773. The van der Waals surface area contributed by atoms with Gasteiger partial charge in [-0.15, -0.1) is 0 Å². The summed E-state index contributed by atoms with van der Waals surface area (Å²) in [5.41, 5.74) is 0. The van der Waals surface area contributed by atoms with Gasteiger partial charge in [0.15, 0.2) is 0 Å². The summed E-state index contributed by atoms with van der Waals surface area (Å²) >= 11 is 0. The van der Waals surface area contributed by atoms with Crippen molar-refractivity contribution < 1.29 is 5.11 Å². The van der Waals surface area contributed by atoms with Crippen LogP contribution in [0.15, 0.2) is 0 Å². The Balaban J connectivity index is 1.52. The van der Waals surface area contributed by atoms with E-state index >= 15 is 0 Å². The number of fused-ring (bicyclic) bond motifs is 1. The molecule has 0 aromatic rings. The summed E-state index contributed by atoms with van der Waals surface area (Å²) in [5.74, 6) is 2.56. The van der Waals surface area contributed by atoms with E-state index in [4.69, 9.17) is 0 Å². The van der Waals surface area contributed by atoms with Gasteiger partial charge in [0.1, 0.15) is 0 Å². The first-order valence-corrected chi connectivity index (χ1v) is 7.73. The van der Waals surface area contributed by atoms with Crippen molar-refractivity contribution in [3.05, 3.63) is 0 Å². The Kier molecular flexibility index (Phi) is 3.72. The van der Waals surface area contributed by atoms with Gasteiger partial charge in [-0.1, -0.05) is 25.7 Å². The summed E-state index contributed by atoms with van der Waals surface area (Å²) in [6, 6.07) is 0. The van der Waals surface area contributed by atoms with Gasteiger partial charge < -0.3 is 10.0 Å². The molecule has 3 fully saturated rings. The number of likely N-dealkylation sites (tertiary alicyclic amines) is 1. The Hall–Kier alpha value is -0.0800. The van der Waals surface area contributed by atoms with Crippen LogP contribution in [0.25, 0.3) is 0 Å². The fourth-order valence-electron chi connectivity index (χ4n) is 4.39. The topological polar surface area (TPSA) is 23.5 Å². The van der Waals surface area contributed by atoms with Gasteiger partial charge in [-0.05, 0) is 43.4 Å². The van der Waals surface area contributed by atoms with Crippen LogP contribution in [0.3, 0.4) is 0 Å². The van der Waals surface area contributed by atoms with E-state index in [9.17, 15) is 5.11 Å². The summed E-state index contributed by atoms with van der Waals surface area (Å²) in [7, 11) is 0. The molecule has 2 saturated carbocycles. The van der Waals surface area contributed by atoms with Crippen molar-refractivity contribution >= 4 is 0 Å². The van der Waals surface area contributed by atoms with Gasteiger partial charge >= 0.3 is 0 Å². The number of rotatable bonds is 2. The molecule has 0 radical (unpaired) electrons. The van der Waals surface area contributed by atoms with Crippen molar-refractivity contribution in [3.63, 3.8) is 0 Å². The highest BCUT2D eigenvalue weighted by atomic mass is 16.3. The summed E-state index contributed by atoms with van der Waals surface area (Å²) in [6.07, 6.45) is 10.6. The fourth-order valence-corrected chi connectivity index (χ4v) is 4.39. The molecule has 1 heterocycles. The Morgan fingerprint density at radius 2 is 1.53 bits per heavy atom. The third-order valence-corrected chi connectivity index (χ3v) is 5.41. The minimum Gasteiger partial charge on any atom is -0.393 e. The van der Waals surface area contributed by atoms with Crippen LogP contribution in [-0.2, 0) is 0 Å². The highest BCUT2D eigenvalue weighted by molar-refractivity contribution is 4.90. The van der Waals surface area contributed by atoms with Crippen molar-refractivity contribution in [1.82, 2.24) is 4.90 Å². The fraction of sp³-hybridized carbons (Fsp3) is 1.00. The second kappa shape index (κ2) is 5.27. The molecule has 0 spiro atoms. The van der Waals surface area contributed by atoms with Crippen LogP contribution in [0.1, 0.15) is 51.4 Å². The molecule has 17 heavy (non-hydrogen) atoms. The van der Waals surface area contributed by atoms with Gasteiger partial charge in [0.2, 0.25) is 0 Å². The Labute approximate surface area is 105 Å². The van der Waals surface area contributed by atoms with Gasteiger partial charge in [0.05, 0.1) is 6.10 Å². The predicted octanol–water partition coefficient (Wildman–Crippen LogP) is 2.66. The van der Waals surface area contributed by atoms with Crippen LogP contribution < -0.4 is 0 Å². The van der Waals surface area contributed by atoms with Crippen molar-refractivity contribution in [3.8, 4) is 0 Å². The quantitative estimate of drug-likeness (QED) is 0.746. The molecule has 4 atom stereocenters. The van der Waals surface area contributed by atoms with Crippen LogP contribution in [-0.4, -0.2) is 35.7 Å². The molecule has 98 valence electrons. The highest BCUT2D eigenvalue weighted by Crippen LogP contribution is 2.38. The molecule has 0 aromatic carbocycles. The second-order valence-electron chi connectivity index (χ2n) is 6.64. The minimum atomic E-state index is -0.0158. The van der Waals surface area contributed by atoms with Gasteiger partial charge in [-0.2, -0.15) is 0 Å². The predicted molar refractivity (Wildman–Crippen MR) is 69.9 cm³/mol. The van der Waals surface area contributed by atoms with Crippen LogP contribution in [0, 0.1) is 17.8 Å². The first-order valence-electron chi connectivity index (χ1n) is 7.73. The summed E-state index contributed by atoms with van der Waals surface area (Å²) in [6.45, 7) is 3.83. The summed E-state index contributed by atoms with van der Waals surface area (Å²) in [4.78, 5) is 2.66. The molecular weight excluding hydrogens is 210 g/mol. The van der Waals surface area contributed by atoms with Crippen LogP contribution in [0.5, 0.6) is 0 Å². The van der Waals surface area contributed by atoms with Gasteiger partial charge in [0.25, 0.3) is 0 Å². The molecule has 1 N–H and O–H groups in total. The lowest BCUT2D eigenvalue weighted by Gasteiger charge is -2.26. The smallest absolute Gasteiger partial charge is 0.0580 e. The number of hydrogen-bond acceptors (Lipinski definition) is 2. The van der Waals surface area contributed by atoms with E-state index in [1.54, 1.807) is 0 Å². The van der Waals surface area contributed by atoms with Gasteiger partial charge in [-0.25, -0.2) is 0 Å². The summed E-state index contributed by atoms with van der Waals surface area (Å²) in [5, 5.41) is 10.2. The number of aliphatic hydroxyl groups excluding tert-OH is 1. The van der Waals surface area contributed by atoms with Crippen molar-refractivity contribution in [2.45, 2.75) is 57.5 Å². The van der Waals surface area contributed by atoms with E-state index in [1.807, 2.05) is 0 Å². The van der Waals surface area contributed by atoms with E-state index in [0.717, 1.165) is 18.3 Å². The van der Waals surface area contributed by atoms with Gasteiger partial charge in [-0.3, -0.25) is 0 Å². The second-order valence-corrected chi connectivity index (χ2v) is 6.64. The maximum Gasteiger partial charge on any atom is 0.0580 e. The number of nitrogens with zero attached hydrogens (tertiary/aromatic N) is 1. The maximum absolute atomic E-state index is 10.2. The molecule has 2 aliphatic carbocycles. The van der Waals surface area contributed by atoms with E-state index in [-0.39, 0.29) is 6.10 Å². The van der Waals surface area contributed by atoms with Crippen LogP contribution >= 0.6 is 0 Å². The SMILES string of the molecule is OC1CCCCCC1CN1CC2CCCC2C1. The Bertz CT molecular complexity index is 243. The third kappa shape index (κ3) is 2.68. The largest absolute Gasteiger partial charge is 0.393 e. The van der Waals surface area contributed by atoms with Crippen molar-refractivity contribution in [2.24, 2.45) is 17.8 Å². The molecule has 3 aliphatic rings. The lowest BCUT2D eigenvalue weighted by atomic mass is 9.97. The molecule has 2 nitrogen and oxygen atoms in total. The molecular formula is C15H27NO. The average Bonchev–Trinajstić information content (AvgIpc) is 2.81. The zero-order valence-corrected chi connectivity index (χ0v) is 11.0. The highest BCUT2D eigenvalue weighted by Gasteiger charge is 2.37. The molecule has 0 bridgehead atoms. The van der Waals surface area contributed by atoms with Crippen LogP contribution in [0.4, 0.5) is 0 Å². The standard InChI is InChI=1S/C15H27NO/c17-15-8-3-1-2-5-14(15)11-16-9-12-6-4-7-13(12)10-16/h12-15,17H,1-11H2. The zero-order valence-electron chi connectivity index (χ0n) is 11.0. The Morgan fingerprint density at radius 3 is 2.29 bits per heavy atom. The summed E-state index contributed by atoms with van der Waals surface area (Å²) < 4.78 is 0. The van der Waals surface area contributed by atoms with E-state index in [1.165, 1.54) is 64.6 Å². The molecule has 4 unspecified atom stereocenters. The average molecular weight is 237 g/mol. The maximum atomic E-state index is 10.2.